The lowest BCUT2D eigenvalue weighted by molar-refractivity contribution is 0.303. The minimum absolute atomic E-state index is 0.0174. The average Bonchev–Trinajstić information content (AvgIpc) is 2.76. The van der Waals surface area contributed by atoms with Crippen LogP contribution in [0.15, 0.2) is 18.2 Å². The van der Waals surface area contributed by atoms with Gasteiger partial charge in [-0.15, -0.1) is 0 Å². The second-order valence-corrected chi connectivity index (χ2v) is 9.32. The predicted octanol–water partition coefficient (Wildman–Crippen LogP) is 8.12. The Kier molecular flexibility index (Phi) is 6.68. The van der Waals surface area contributed by atoms with Gasteiger partial charge in [0.2, 0.25) is 0 Å². The minimum atomic E-state index is -1.48. The second-order valence-electron chi connectivity index (χ2n) is 9.32. The largest absolute Gasteiger partial charge is 0.207 e. The molecule has 1 atom stereocenters. The van der Waals surface area contributed by atoms with Gasteiger partial charge in [-0.25, -0.2) is 22.0 Å². The van der Waals surface area contributed by atoms with Crippen molar-refractivity contribution >= 4 is 0 Å². The molecule has 2 aromatic rings. The molecule has 5 heteroatoms. The average molecular weight is 437 g/mol. The summed E-state index contributed by atoms with van der Waals surface area (Å²) in [6.45, 7) is 2.19. The highest BCUT2D eigenvalue weighted by Gasteiger charge is 2.31. The number of hydrogen-bond acceptors (Lipinski definition) is 0. The minimum Gasteiger partial charge on any atom is -0.207 e. The van der Waals surface area contributed by atoms with Crippen LogP contribution in [0.5, 0.6) is 0 Å². The Labute approximate surface area is 180 Å². The molecule has 0 aliphatic heterocycles. The van der Waals surface area contributed by atoms with Crippen molar-refractivity contribution in [1.82, 2.24) is 0 Å². The summed E-state index contributed by atoms with van der Waals surface area (Å²) in [7, 11) is 0. The lowest BCUT2D eigenvalue weighted by Crippen LogP contribution is -2.19. The van der Waals surface area contributed by atoms with Gasteiger partial charge in [0.1, 0.15) is 11.6 Å². The molecule has 2 aliphatic rings. The molecule has 31 heavy (non-hydrogen) atoms. The fourth-order valence-corrected chi connectivity index (χ4v) is 5.57. The number of hydrogen-bond donors (Lipinski definition) is 0. The van der Waals surface area contributed by atoms with Crippen LogP contribution in [-0.4, -0.2) is 0 Å². The topological polar surface area (TPSA) is 0 Å². The van der Waals surface area contributed by atoms with Gasteiger partial charge in [0.15, 0.2) is 17.5 Å². The van der Waals surface area contributed by atoms with Crippen molar-refractivity contribution in [1.29, 1.82) is 0 Å². The van der Waals surface area contributed by atoms with E-state index in [0.717, 1.165) is 37.7 Å². The van der Waals surface area contributed by atoms with Crippen molar-refractivity contribution in [2.24, 2.45) is 5.92 Å². The first-order valence-corrected chi connectivity index (χ1v) is 11.5. The molecule has 0 aromatic heterocycles. The summed E-state index contributed by atoms with van der Waals surface area (Å²) in [4.78, 5) is 0. The molecule has 1 saturated carbocycles. The van der Waals surface area contributed by atoms with Gasteiger partial charge < -0.3 is 0 Å². The fourth-order valence-electron chi connectivity index (χ4n) is 5.57. The number of unbranched alkanes of at least 4 members (excludes halogenated alkanes) is 1. The van der Waals surface area contributed by atoms with Crippen LogP contribution in [-0.2, 0) is 12.8 Å². The second kappa shape index (κ2) is 9.30. The highest BCUT2D eigenvalue weighted by Crippen LogP contribution is 2.41. The maximum atomic E-state index is 15.0. The van der Waals surface area contributed by atoms with Crippen LogP contribution in [0.3, 0.4) is 0 Å². The summed E-state index contributed by atoms with van der Waals surface area (Å²) in [5.41, 5.74) is 1.10. The SMILES string of the molecule is CCCCC1CCC(c2cc(F)c(C3CCc4c(cc(F)c(F)c4F)C3)c(F)c2)CC1. The van der Waals surface area contributed by atoms with Crippen molar-refractivity contribution in [3.63, 3.8) is 0 Å². The van der Waals surface area contributed by atoms with E-state index >= 15 is 8.78 Å². The first kappa shape index (κ1) is 22.3. The maximum Gasteiger partial charge on any atom is 0.194 e. The van der Waals surface area contributed by atoms with Crippen LogP contribution in [0.2, 0.25) is 0 Å². The third-order valence-corrected chi connectivity index (χ3v) is 7.36. The molecule has 0 nitrogen and oxygen atoms in total. The maximum absolute atomic E-state index is 15.0. The Hall–Kier alpha value is -1.91. The molecule has 0 radical (unpaired) electrons. The first-order chi connectivity index (χ1) is 14.9. The van der Waals surface area contributed by atoms with Gasteiger partial charge in [0.05, 0.1) is 0 Å². The Bertz CT molecular complexity index is 920. The molecule has 0 spiro atoms. The van der Waals surface area contributed by atoms with E-state index < -0.39 is 35.0 Å². The normalized spacial score (nSPS) is 23.6. The summed E-state index contributed by atoms with van der Waals surface area (Å²) >= 11 is 0. The van der Waals surface area contributed by atoms with E-state index in [2.05, 4.69) is 6.92 Å². The van der Waals surface area contributed by atoms with E-state index in [1.54, 1.807) is 0 Å². The van der Waals surface area contributed by atoms with E-state index in [1.807, 2.05) is 0 Å². The first-order valence-electron chi connectivity index (χ1n) is 11.5. The Balaban J connectivity index is 1.51. The van der Waals surface area contributed by atoms with Gasteiger partial charge >= 0.3 is 0 Å². The lowest BCUT2D eigenvalue weighted by Gasteiger charge is -2.30. The molecule has 4 rings (SSSR count). The fraction of sp³-hybridized carbons (Fsp3) is 0.538. The molecule has 2 aromatic carbocycles. The van der Waals surface area contributed by atoms with Crippen LogP contribution in [0, 0.1) is 35.0 Å². The van der Waals surface area contributed by atoms with Gasteiger partial charge in [-0.3, -0.25) is 0 Å². The zero-order chi connectivity index (χ0) is 22.1. The predicted molar refractivity (Wildman–Crippen MR) is 112 cm³/mol. The molecule has 0 bridgehead atoms. The van der Waals surface area contributed by atoms with Crippen LogP contribution >= 0.6 is 0 Å². The molecule has 0 saturated heterocycles. The molecule has 1 unspecified atom stereocenters. The molecule has 0 amide bonds. The number of fused-ring (bicyclic) bond motifs is 1. The van der Waals surface area contributed by atoms with E-state index in [0.29, 0.717) is 17.5 Å². The van der Waals surface area contributed by atoms with Crippen molar-refractivity contribution in [2.45, 2.75) is 83.0 Å². The summed E-state index contributed by atoms with van der Waals surface area (Å²) in [6, 6.07) is 3.87. The highest BCUT2D eigenvalue weighted by molar-refractivity contribution is 5.38. The van der Waals surface area contributed by atoms with Gasteiger partial charge in [-0.2, -0.15) is 0 Å². The van der Waals surface area contributed by atoms with Gasteiger partial charge in [0, 0.05) is 5.56 Å². The Morgan fingerprint density at radius 2 is 1.45 bits per heavy atom. The van der Waals surface area contributed by atoms with E-state index in [9.17, 15) is 13.2 Å². The Morgan fingerprint density at radius 3 is 2.10 bits per heavy atom. The standard InChI is InChI=1S/C26H29F5/c1-2-3-4-15-5-7-16(8-6-15)18-12-21(27)24(22(28)13-18)17-9-10-20-19(11-17)14-23(29)26(31)25(20)30/h12-17H,2-11H2,1H3. The Morgan fingerprint density at radius 1 is 0.774 bits per heavy atom. The van der Waals surface area contributed by atoms with Crippen molar-refractivity contribution < 1.29 is 22.0 Å². The quantitative estimate of drug-likeness (QED) is 0.328. The monoisotopic (exact) mass is 436 g/mol. The number of halogens is 5. The molecule has 1 fully saturated rings. The zero-order valence-electron chi connectivity index (χ0n) is 17.9. The van der Waals surface area contributed by atoms with E-state index in [4.69, 9.17) is 0 Å². The van der Waals surface area contributed by atoms with Crippen molar-refractivity contribution in [3.05, 3.63) is 69.5 Å². The summed E-state index contributed by atoms with van der Waals surface area (Å²) in [6.07, 6.45) is 8.29. The molecule has 0 N–H and O–H groups in total. The lowest BCUT2D eigenvalue weighted by atomic mass is 9.75. The number of rotatable bonds is 5. The van der Waals surface area contributed by atoms with Crippen LogP contribution in [0.4, 0.5) is 22.0 Å². The van der Waals surface area contributed by atoms with Crippen molar-refractivity contribution in [3.8, 4) is 0 Å². The van der Waals surface area contributed by atoms with E-state index in [1.165, 1.54) is 31.4 Å². The van der Waals surface area contributed by atoms with Crippen LogP contribution < -0.4 is 0 Å². The summed E-state index contributed by atoms with van der Waals surface area (Å²) < 4.78 is 71.3. The molecule has 168 valence electrons. The number of benzene rings is 2. The van der Waals surface area contributed by atoms with Gasteiger partial charge in [0.25, 0.3) is 0 Å². The van der Waals surface area contributed by atoms with Crippen molar-refractivity contribution in [2.75, 3.05) is 0 Å². The van der Waals surface area contributed by atoms with E-state index in [-0.39, 0.29) is 29.9 Å². The summed E-state index contributed by atoms with van der Waals surface area (Å²) in [5.74, 6) is -4.72. The van der Waals surface area contributed by atoms with Crippen LogP contribution in [0.1, 0.15) is 92.4 Å². The zero-order valence-corrected chi connectivity index (χ0v) is 17.9. The highest BCUT2D eigenvalue weighted by atomic mass is 19.2. The van der Waals surface area contributed by atoms with Gasteiger partial charge in [-0.05, 0) is 97.6 Å². The summed E-state index contributed by atoms with van der Waals surface area (Å²) in [5, 5.41) is 0. The molecular formula is C26H29F5. The van der Waals surface area contributed by atoms with Crippen LogP contribution in [0.25, 0.3) is 0 Å². The third-order valence-electron chi connectivity index (χ3n) is 7.36. The molecular weight excluding hydrogens is 407 g/mol. The molecule has 2 aliphatic carbocycles. The smallest absolute Gasteiger partial charge is 0.194 e. The van der Waals surface area contributed by atoms with Gasteiger partial charge in [-0.1, -0.05) is 26.2 Å². The third kappa shape index (κ3) is 4.51. The molecule has 0 heterocycles.